The lowest BCUT2D eigenvalue weighted by molar-refractivity contribution is -0.387. The van der Waals surface area contributed by atoms with Crippen molar-refractivity contribution in [2.75, 3.05) is 0 Å². The topological polar surface area (TPSA) is 118 Å². The van der Waals surface area contributed by atoms with Gasteiger partial charge in [0.05, 0.1) is 10.4 Å². The standard InChI is InChI=1S/C8H4FN3O5/c9-3-1-4-6(2-5(3)12(16)17)11(15)8(14)7(13)10-4/h1-2,15H,(H,10,13). The smallest absolute Gasteiger partial charge is 0.348 e. The molecule has 0 fully saturated rings. The van der Waals surface area contributed by atoms with Gasteiger partial charge in [-0.3, -0.25) is 19.7 Å². The Kier molecular flexibility index (Phi) is 2.16. The zero-order valence-electron chi connectivity index (χ0n) is 8.01. The summed E-state index contributed by atoms with van der Waals surface area (Å²) in [7, 11) is 0. The van der Waals surface area contributed by atoms with Gasteiger partial charge in [0.25, 0.3) is 0 Å². The molecule has 8 nitrogen and oxygen atoms in total. The molecule has 0 saturated heterocycles. The molecule has 2 rings (SSSR count). The molecule has 2 N–H and O–H groups in total. The van der Waals surface area contributed by atoms with Gasteiger partial charge in [-0.05, 0) is 0 Å². The number of hydrogen-bond donors (Lipinski definition) is 2. The maximum atomic E-state index is 13.2. The molecule has 0 aliphatic carbocycles. The van der Waals surface area contributed by atoms with Crippen LogP contribution in [0, 0.1) is 15.9 Å². The highest BCUT2D eigenvalue weighted by molar-refractivity contribution is 5.77. The van der Waals surface area contributed by atoms with E-state index in [1.54, 1.807) is 0 Å². The highest BCUT2D eigenvalue weighted by Crippen LogP contribution is 2.21. The molecule has 1 aromatic heterocycles. The molecule has 17 heavy (non-hydrogen) atoms. The van der Waals surface area contributed by atoms with Crippen LogP contribution in [-0.2, 0) is 0 Å². The third kappa shape index (κ3) is 1.53. The first-order chi connectivity index (χ1) is 7.91. The molecule has 0 unspecified atom stereocenters. The molecule has 0 saturated carbocycles. The zero-order valence-corrected chi connectivity index (χ0v) is 8.01. The fourth-order valence-corrected chi connectivity index (χ4v) is 1.35. The molecule has 0 spiro atoms. The number of nitro benzene ring substituents is 1. The predicted octanol–water partition coefficient (Wildman–Crippen LogP) is -0.0256. The van der Waals surface area contributed by atoms with Gasteiger partial charge < -0.3 is 10.2 Å². The summed E-state index contributed by atoms with van der Waals surface area (Å²) >= 11 is 0. The Labute approximate surface area is 90.7 Å². The monoisotopic (exact) mass is 241 g/mol. The van der Waals surface area contributed by atoms with Crippen LogP contribution in [0.3, 0.4) is 0 Å². The average molecular weight is 241 g/mol. The summed E-state index contributed by atoms with van der Waals surface area (Å²) in [4.78, 5) is 33.5. The molecule has 2 aromatic rings. The van der Waals surface area contributed by atoms with Gasteiger partial charge in [0.1, 0.15) is 5.52 Å². The first-order valence-electron chi connectivity index (χ1n) is 4.24. The van der Waals surface area contributed by atoms with E-state index >= 15 is 0 Å². The molecular formula is C8H4FN3O5. The van der Waals surface area contributed by atoms with Crippen molar-refractivity contribution in [2.24, 2.45) is 0 Å². The summed E-state index contributed by atoms with van der Waals surface area (Å²) < 4.78 is 13.1. The predicted molar refractivity (Wildman–Crippen MR) is 52.6 cm³/mol. The van der Waals surface area contributed by atoms with E-state index in [-0.39, 0.29) is 15.8 Å². The van der Waals surface area contributed by atoms with Crippen LogP contribution in [-0.4, -0.2) is 19.8 Å². The van der Waals surface area contributed by atoms with Gasteiger partial charge in [0.2, 0.25) is 5.82 Å². The Morgan fingerprint density at radius 3 is 2.65 bits per heavy atom. The van der Waals surface area contributed by atoms with Crippen LogP contribution in [0.15, 0.2) is 21.7 Å². The van der Waals surface area contributed by atoms with Gasteiger partial charge >= 0.3 is 16.8 Å². The molecule has 0 aliphatic rings. The molecule has 0 bridgehead atoms. The van der Waals surface area contributed by atoms with Crippen LogP contribution in [0.25, 0.3) is 11.0 Å². The lowest BCUT2D eigenvalue weighted by atomic mass is 10.2. The number of fused-ring (bicyclic) bond motifs is 1. The van der Waals surface area contributed by atoms with Gasteiger partial charge in [0, 0.05) is 12.1 Å². The molecule has 0 radical (unpaired) electrons. The largest absolute Gasteiger partial charge is 0.425 e. The third-order valence-electron chi connectivity index (χ3n) is 2.12. The minimum absolute atomic E-state index is 0.0688. The minimum atomic E-state index is -1.31. The first-order valence-corrected chi connectivity index (χ1v) is 4.24. The number of rotatable bonds is 1. The van der Waals surface area contributed by atoms with E-state index in [9.17, 15) is 29.3 Å². The molecule has 88 valence electrons. The first kappa shape index (κ1) is 10.8. The fraction of sp³-hybridized carbons (Fsp3) is 0. The molecule has 1 aromatic carbocycles. The highest BCUT2D eigenvalue weighted by atomic mass is 19.1. The number of aromatic nitrogens is 2. The van der Waals surface area contributed by atoms with Gasteiger partial charge in [-0.1, -0.05) is 0 Å². The lowest BCUT2D eigenvalue weighted by Crippen LogP contribution is -2.35. The second kappa shape index (κ2) is 3.40. The van der Waals surface area contributed by atoms with Crippen LogP contribution in [0.1, 0.15) is 0 Å². The van der Waals surface area contributed by atoms with Crippen molar-refractivity contribution in [3.8, 4) is 0 Å². The van der Waals surface area contributed by atoms with Crippen molar-refractivity contribution in [1.29, 1.82) is 0 Å². The quantitative estimate of drug-likeness (QED) is 0.314. The number of H-pyrrole nitrogens is 1. The van der Waals surface area contributed by atoms with Crippen LogP contribution in [0.4, 0.5) is 10.1 Å². The summed E-state index contributed by atoms with van der Waals surface area (Å²) in [6.07, 6.45) is 0. The van der Waals surface area contributed by atoms with Crippen molar-refractivity contribution in [2.45, 2.75) is 0 Å². The van der Waals surface area contributed by atoms with E-state index in [0.717, 1.165) is 0 Å². The number of benzene rings is 1. The Morgan fingerprint density at radius 1 is 1.41 bits per heavy atom. The molecule has 0 aliphatic heterocycles. The number of halogens is 1. The third-order valence-corrected chi connectivity index (χ3v) is 2.12. The van der Waals surface area contributed by atoms with Crippen LogP contribution < -0.4 is 11.1 Å². The highest BCUT2D eigenvalue weighted by Gasteiger charge is 2.18. The van der Waals surface area contributed by atoms with Gasteiger partial charge in [0.15, 0.2) is 0 Å². The molecular weight excluding hydrogens is 237 g/mol. The summed E-state index contributed by atoms with van der Waals surface area (Å²) in [5, 5.41) is 19.7. The van der Waals surface area contributed by atoms with Crippen LogP contribution in [0.5, 0.6) is 0 Å². The fourth-order valence-electron chi connectivity index (χ4n) is 1.35. The summed E-state index contributed by atoms with van der Waals surface area (Å²) in [5.41, 5.74) is -3.96. The van der Waals surface area contributed by atoms with Crippen molar-refractivity contribution in [3.05, 3.63) is 48.8 Å². The van der Waals surface area contributed by atoms with E-state index < -0.39 is 27.5 Å². The molecule has 0 atom stereocenters. The Morgan fingerprint density at radius 2 is 2.06 bits per heavy atom. The number of nitrogens with one attached hydrogen (secondary N) is 1. The Balaban J connectivity index is 3.00. The van der Waals surface area contributed by atoms with E-state index in [2.05, 4.69) is 0 Å². The van der Waals surface area contributed by atoms with Crippen molar-refractivity contribution in [3.63, 3.8) is 0 Å². The SMILES string of the molecule is O=c1[nH]c2cc(F)c([N+](=O)[O-])cc2n(O)c1=O. The Hall–Kier alpha value is -2.71. The second-order valence-corrected chi connectivity index (χ2v) is 3.15. The number of aromatic amines is 1. The van der Waals surface area contributed by atoms with Gasteiger partial charge in [-0.2, -0.15) is 4.39 Å². The number of hydrogen-bond acceptors (Lipinski definition) is 5. The van der Waals surface area contributed by atoms with Crippen LogP contribution >= 0.6 is 0 Å². The number of nitrogens with zero attached hydrogens (tertiary/aromatic N) is 2. The van der Waals surface area contributed by atoms with Crippen molar-refractivity contribution >= 4 is 16.7 Å². The van der Waals surface area contributed by atoms with E-state index in [0.29, 0.717) is 12.1 Å². The second-order valence-electron chi connectivity index (χ2n) is 3.15. The molecule has 9 heteroatoms. The van der Waals surface area contributed by atoms with Crippen LogP contribution in [0.2, 0.25) is 0 Å². The van der Waals surface area contributed by atoms with E-state index in [1.165, 1.54) is 0 Å². The molecule has 0 amide bonds. The van der Waals surface area contributed by atoms with Gasteiger partial charge in [-0.25, -0.2) is 0 Å². The van der Waals surface area contributed by atoms with E-state index in [1.807, 2.05) is 4.98 Å². The average Bonchev–Trinajstić information content (AvgIpc) is 2.25. The van der Waals surface area contributed by atoms with Crippen molar-refractivity contribution < 1.29 is 14.5 Å². The molecule has 1 heterocycles. The summed E-state index contributed by atoms with van der Waals surface area (Å²) in [6.45, 7) is 0. The normalized spacial score (nSPS) is 10.6. The maximum absolute atomic E-state index is 13.2. The summed E-state index contributed by atoms with van der Waals surface area (Å²) in [6, 6.07) is 1.31. The lowest BCUT2D eigenvalue weighted by Gasteiger charge is -2.02. The summed E-state index contributed by atoms with van der Waals surface area (Å²) in [5.74, 6) is -1.18. The number of nitro groups is 1. The van der Waals surface area contributed by atoms with Crippen molar-refractivity contribution in [1.82, 2.24) is 9.71 Å². The van der Waals surface area contributed by atoms with E-state index in [4.69, 9.17) is 0 Å². The minimum Gasteiger partial charge on any atom is -0.425 e. The zero-order chi connectivity index (χ0) is 12.7. The maximum Gasteiger partial charge on any atom is 0.348 e. The Bertz CT molecular complexity index is 747. The van der Waals surface area contributed by atoms with Gasteiger partial charge in [-0.15, -0.1) is 4.73 Å².